The minimum absolute atomic E-state index is 0.0974. The van der Waals surface area contributed by atoms with Gasteiger partial charge in [0.05, 0.1) is 32.5 Å². The second kappa shape index (κ2) is 21.1. The molecule has 1 atom stereocenters. The Labute approximate surface area is 190 Å². The summed E-state index contributed by atoms with van der Waals surface area (Å²) in [6.45, 7) is 10.8. The quantitative estimate of drug-likeness (QED) is 0.0747. The number of amides is 1. The highest BCUT2D eigenvalue weighted by Gasteiger charge is 2.21. The first-order valence-electron chi connectivity index (χ1n) is 12.1. The third-order valence-electron chi connectivity index (χ3n) is 4.62. The molecule has 31 heavy (non-hydrogen) atoms. The molecule has 0 radical (unpaired) electrons. The Balaban J connectivity index is 4.84. The van der Waals surface area contributed by atoms with Crippen LogP contribution in [0.25, 0.3) is 0 Å². The molecule has 0 fully saturated rings. The Morgan fingerprint density at radius 2 is 1.39 bits per heavy atom. The van der Waals surface area contributed by atoms with Gasteiger partial charge in [-0.2, -0.15) is 0 Å². The summed E-state index contributed by atoms with van der Waals surface area (Å²) >= 11 is 0. The molecule has 0 aliphatic carbocycles. The van der Waals surface area contributed by atoms with Gasteiger partial charge in [0.2, 0.25) is 6.41 Å². The molecule has 0 bridgehead atoms. The van der Waals surface area contributed by atoms with E-state index < -0.39 is 7.60 Å². The molecule has 0 saturated heterocycles. The highest BCUT2D eigenvalue weighted by molar-refractivity contribution is 7.57. The average Bonchev–Trinajstić information content (AvgIpc) is 2.76. The molecule has 0 saturated carbocycles. The van der Waals surface area contributed by atoms with Crippen molar-refractivity contribution < 1.29 is 28.0 Å². The van der Waals surface area contributed by atoms with Gasteiger partial charge in [0.1, 0.15) is 0 Å². The molecule has 0 unspecified atom stereocenters. The summed E-state index contributed by atoms with van der Waals surface area (Å²) in [7, 11) is -3.26. The minimum atomic E-state index is -3.26. The van der Waals surface area contributed by atoms with E-state index in [1.165, 1.54) is 5.06 Å². The van der Waals surface area contributed by atoms with Crippen LogP contribution in [0.1, 0.15) is 91.9 Å². The van der Waals surface area contributed by atoms with E-state index in [4.69, 9.17) is 18.6 Å². The van der Waals surface area contributed by atoms with Crippen LogP contribution in [0, 0.1) is 0 Å². The minimum Gasteiger partial charge on any atom is -0.378 e. The summed E-state index contributed by atoms with van der Waals surface area (Å²) in [6.07, 6.45) is 11.2. The third kappa shape index (κ3) is 17.5. The number of nitrogens with zero attached hydrogens (tertiary/aromatic N) is 1. The normalized spacial score (nSPS) is 13.0. The van der Waals surface area contributed by atoms with Crippen molar-refractivity contribution in [2.75, 3.05) is 33.0 Å². The molecule has 0 aromatic carbocycles. The van der Waals surface area contributed by atoms with Crippen LogP contribution in [0.5, 0.6) is 0 Å². The zero-order chi connectivity index (χ0) is 23.2. The number of hydrogen-bond acceptors (Lipinski definition) is 6. The van der Waals surface area contributed by atoms with E-state index in [1.807, 2.05) is 6.08 Å². The summed E-state index contributed by atoms with van der Waals surface area (Å²) in [5.74, 6) is 1.57. The molecule has 184 valence electrons. The molecule has 1 amide bonds. The van der Waals surface area contributed by atoms with Gasteiger partial charge in [-0.05, 0) is 38.5 Å². The second-order valence-electron chi connectivity index (χ2n) is 7.60. The first-order valence-corrected chi connectivity index (χ1v) is 13.7. The largest absolute Gasteiger partial charge is 0.378 e. The van der Waals surface area contributed by atoms with Gasteiger partial charge in [0, 0.05) is 12.4 Å². The SMILES string of the molecule is CCCCO[C@H](C/C=C/P(=O)(OCCCC)OCCCC)CCN(C=O)OCCCC. The molecule has 0 heterocycles. The van der Waals surface area contributed by atoms with E-state index in [9.17, 15) is 9.36 Å². The highest BCUT2D eigenvalue weighted by atomic mass is 31.2. The number of carbonyl (C=O) groups is 1. The van der Waals surface area contributed by atoms with Crippen molar-refractivity contribution in [3.8, 4) is 0 Å². The van der Waals surface area contributed by atoms with Gasteiger partial charge in [-0.25, -0.2) is 5.06 Å². The van der Waals surface area contributed by atoms with E-state index in [-0.39, 0.29) is 6.10 Å². The Morgan fingerprint density at radius 1 is 0.839 bits per heavy atom. The van der Waals surface area contributed by atoms with Crippen LogP contribution >= 0.6 is 7.60 Å². The Kier molecular flexibility index (Phi) is 20.7. The maximum Gasteiger partial charge on any atom is 0.353 e. The van der Waals surface area contributed by atoms with Crippen molar-refractivity contribution in [3.63, 3.8) is 0 Å². The van der Waals surface area contributed by atoms with Gasteiger partial charge in [0.25, 0.3) is 0 Å². The average molecular weight is 464 g/mol. The number of carbonyl (C=O) groups excluding carboxylic acids is 1. The summed E-state index contributed by atoms with van der Waals surface area (Å²) in [6, 6.07) is 0. The van der Waals surface area contributed by atoms with E-state index in [0.29, 0.717) is 52.2 Å². The Morgan fingerprint density at radius 3 is 1.94 bits per heavy atom. The molecule has 0 aromatic heterocycles. The lowest BCUT2D eigenvalue weighted by molar-refractivity contribution is -0.174. The molecular weight excluding hydrogens is 417 g/mol. The lowest BCUT2D eigenvalue weighted by atomic mass is 10.2. The molecule has 7 nitrogen and oxygen atoms in total. The van der Waals surface area contributed by atoms with Gasteiger partial charge in [-0.3, -0.25) is 14.2 Å². The van der Waals surface area contributed by atoms with Gasteiger partial charge >= 0.3 is 7.60 Å². The van der Waals surface area contributed by atoms with Gasteiger partial charge in [-0.15, -0.1) is 0 Å². The van der Waals surface area contributed by atoms with Crippen molar-refractivity contribution in [1.29, 1.82) is 0 Å². The number of hydrogen-bond donors (Lipinski definition) is 0. The van der Waals surface area contributed by atoms with Crippen LogP contribution in [0.3, 0.4) is 0 Å². The van der Waals surface area contributed by atoms with Gasteiger partial charge < -0.3 is 13.8 Å². The predicted octanol–water partition coefficient (Wildman–Crippen LogP) is 6.48. The Hall–Kier alpha value is -0.720. The molecule has 0 spiro atoms. The van der Waals surface area contributed by atoms with Gasteiger partial charge in [-0.1, -0.05) is 59.5 Å². The number of unbranched alkanes of at least 4 members (excludes halogenated alkanes) is 4. The van der Waals surface area contributed by atoms with Crippen LogP contribution in [0.4, 0.5) is 0 Å². The maximum absolute atomic E-state index is 13.0. The standard InChI is InChI=1S/C23H46NO6P/c1-5-9-17-27-23(15-16-24(22-25)28-18-10-6-2)14-13-21-31(26,29-19-11-7-3)30-20-12-8-4/h13,21-23H,5-12,14-20H2,1-4H3/b21-13+/t23-/m1/s1. The molecule has 0 aliphatic heterocycles. The molecule has 0 aromatic rings. The van der Waals surface area contributed by atoms with E-state index >= 15 is 0 Å². The second-order valence-corrected chi connectivity index (χ2v) is 9.50. The highest BCUT2D eigenvalue weighted by Crippen LogP contribution is 2.50. The molecular formula is C23H46NO6P. The maximum atomic E-state index is 13.0. The first kappa shape index (κ1) is 30.3. The van der Waals surface area contributed by atoms with Crippen LogP contribution in [-0.2, 0) is 28.0 Å². The van der Waals surface area contributed by atoms with Crippen LogP contribution in [0.15, 0.2) is 11.9 Å². The first-order chi connectivity index (χ1) is 15.0. The fourth-order valence-electron chi connectivity index (χ4n) is 2.55. The zero-order valence-corrected chi connectivity index (χ0v) is 21.2. The fourth-order valence-corrected chi connectivity index (χ4v) is 3.94. The Bertz CT molecular complexity index is 475. The zero-order valence-electron chi connectivity index (χ0n) is 20.3. The summed E-state index contributed by atoms with van der Waals surface area (Å²) in [4.78, 5) is 16.7. The van der Waals surface area contributed by atoms with Crippen LogP contribution < -0.4 is 0 Å². The summed E-state index contributed by atoms with van der Waals surface area (Å²) < 4.78 is 30.2. The lowest BCUT2D eigenvalue weighted by Gasteiger charge is -2.21. The number of hydroxylamine groups is 2. The summed E-state index contributed by atoms with van der Waals surface area (Å²) in [5.41, 5.74) is 0. The van der Waals surface area contributed by atoms with Crippen molar-refractivity contribution in [2.45, 2.75) is 98.0 Å². The summed E-state index contributed by atoms with van der Waals surface area (Å²) in [5, 5.41) is 1.34. The monoisotopic (exact) mass is 463 g/mol. The van der Waals surface area contributed by atoms with E-state index in [2.05, 4.69) is 27.7 Å². The van der Waals surface area contributed by atoms with Crippen molar-refractivity contribution in [3.05, 3.63) is 11.9 Å². The van der Waals surface area contributed by atoms with E-state index in [0.717, 1.165) is 51.4 Å². The molecule has 8 heteroatoms. The topological polar surface area (TPSA) is 74.3 Å². The smallest absolute Gasteiger partial charge is 0.353 e. The molecule has 0 N–H and O–H groups in total. The van der Waals surface area contributed by atoms with Crippen molar-refractivity contribution in [2.24, 2.45) is 0 Å². The molecule has 0 rings (SSSR count). The fraction of sp³-hybridized carbons (Fsp3) is 0.870. The van der Waals surface area contributed by atoms with Crippen molar-refractivity contribution >= 4 is 14.0 Å². The third-order valence-corrected chi connectivity index (χ3v) is 6.28. The van der Waals surface area contributed by atoms with Crippen LogP contribution in [-0.4, -0.2) is 50.5 Å². The van der Waals surface area contributed by atoms with Crippen LogP contribution in [0.2, 0.25) is 0 Å². The lowest BCUT2D eigenvalue weighted by Crippen LogP contribution is -2.28. The molecule has 0 aliphatic rings. The number of rotatable bonds is 23. The predicted molar refractivity (Wildman–Crippen MR) is 126 cm³/mol. The van der Waals surface area contributed by atoms with Gasteiger partial charge in [0.15, 0.2) is 0 Å². The van der Waals surface area contributed by atoms with Crippen molar-refractivity contribution in [1.82, 2.24) is 5.06 Å². The van der Waals surface area contributed by atoms with E-state index in [1.54, 1.807) is 5.82 Å². The number of ether oxygens (including phenoxy) is 1.